The number of alkyl halides is 3. The van der Waals surface area contributed by atoms with Gasteiger partial charge in [0.15, 0.2) is 0 Å². The number of pyridine rings is 2. The molecular formula is C25H21ClF3N7O. The molecule has 3 aliphatic rings. The van der Waals surface area contributed by atoms with Gasteiger partial charge in [-0.15, -0.1) is 0 Å². The van der Waals surface area contributed by atoms with Gasteiger partial charge in [0, 0.05) is 18.0 Å². The summed E-state index contributed by atoms with van der Waals surface area (Å²) in [7, 11) is 0. The van der Waals surface area contributed by atoms with Crippen LogP contribution < -0.4 is 21.5 Å². The monoisotopic (exact) mass is 527 g/mol. The number of amidine groups is 1. The number of halogens is 4. The Kier molecular flexibility index (Phi) is 5.23. The fourth-order valence-corrected chi connectivity index (χ4v) is 5.64. The Bertz CT molecular complexity index is 1520. The number of aromatic nitrogens is 2. The summed E-state index contributed by atoms with van der Waals surface area (Å²) in [6.45, 7) is 1.51. The maximum absolute atomic E-state index is 14.1. The number of nitrogens with one attached hydrogen (secondary N) is 1. The van der Waals surface area contributed by atoms with E-state index in [1.54, 1.807) is 18.6 Å². The van der Waals surface area contributed by atoms with Gasteiger partial charge in [-0.3, -0.25) is 4.98 Å². The van der Waals surface area contributed by atoms with Crippen molar-refractivity contribution < 1.29 is 17.9 Å². The second-order valence-electron chi connectivity index (χ2n) is 9.05. The maximum Gasteiger partial charge on any atom is 0.418 e. The number of fused-ring (bicyclic) bond motifs is 1. The summed E-state index contributed by atoms with van der Waals surface area (Å²) in [6.07, 6.45) is 3.57. The number of benzene rings is 1. The van der Waals surface area contributed by atoms with Gasteiger partial charge in [0.1, 0.15) is 30.3 Å². The average molecular weight is 528 g/mol. The number of nitrogens with zero attached hydrogens (tertiary/aromatic N) is 4. The first kappa shape index (κ1) is 23.4. The first-order valence-electron chi connectivity index (χ1n) is 11.5. The van der Waals surface area contributed by atoms with Crippen LogP contribution in [0.1, 0.15) is 40.3 Å². The Balaban J connectivity index is 1.52. The maximum atomic E-state index is 14.1. The molecule has 0 amide bonds. The van der Waals surface area contributed by atoms with Gasteiger partial charge in [-0.05, 0) is 48.6 Å². The van der Waals surface area contributed by atoms with Crippen LogP contribution in [-0.2, 0) is 12.6 Å². The Labute approximate surface area is 214 Å². The third-order valence-electron chi connectivity index (χ3n) is 6.86. The van der Waals surface area contributed by atoms with Crippen LogP contribution in [0.25, 0.3) is 11.3 Å². The minimum atomic E-state index is -4.67. The van der Waals surface area contributed by atoms with Crippen molar-refractivity contribution in [2.45, 2.75) is 32.0 Å². The molecule has 1 aromatic carbocycles. The van der Waals surface area contributed by atoms with E-state index in [1.165, 1.54) is 25.3 Å². The minimum Gasteiger partial charge on any atom is -0.463 e. The van der Waals surface area contributed by atoms with Crippen LogP contribution in [0.3, 0.4) is 0 Å². The molecule has 1 atom stereocenters. The number of aryl methyl sites for hydroxylation is 1. The van der Waals surface area contributed by atoms with Crippen molar-refractivity contribution in [3.63, 3.8) is 0 Å². The summed E-state index contributed by atoms with van der Waals surface area (Å²) in [5.41, 5.74) is 14.4. The van der Waals surface area contributed by atoms with Gasteiger partial charge in [-0.25, -0.2) is 9.98 Å². The van der Waals surface area contributed by atoms with E-state index in [0.29, 0.717) is 22.8 Å². The van der Waals surface area contributed by atoms with Crippen molar-refractivity contribution in [1.82, 2.24) is 14.9 Å². The molecule has 0 saturated heterocycles. The van der Waals surface area contributed by atoms with Crippen LogP contribution in [0, 0.1) is 6.92 Å². The highest BCUT2D eigenvalue weighted by molar-refractivity contribution is 6.37. The zero-order valence-corrected chi connectivity index (χ0v) is 20.3. The molecule has 0 radical (unpaired) electrons. The van der Waals surface area contributed by atoms with Crippen LogP contribution >= 0.6 is 11.6 Å². The number of nitrogen functional groups attached to an aromatic ring is 2. The first-order chi connectivity index (χ1) is 17.6. The van der Waals surface area contributed by atoms with E-state index in [-0.39, 0.29) is 46.1 Å². The quantitative estimate of drug-likeness (QED) is 0.416. The number of aliphatic imine (C=N–C) groups is 1. The van der Waals surface area contributed by atoms with E-state index in [0.717, 1.165) is 24.0 Å². The van der Waals surface area contributed by atoms with E-state index in [4.69, 9.17) is 27.8 Å². The fraction of sp³-hybridized carbons (Fsp3) is 0.240. The predicted molar refractivity (Wildman–Crippen MR) is 135 cm³/mol. The Morgan fingerprint density at radius 3 is 2.81 bits per heavy atom. The number of hydrogen-bond donors (Lipinski definition) is 3. The van der Waals surface area contributed by atoms with E-state index < -0.39 is 11.7 Å². The first-order valence-corrected chi connectivity index (χ1v) is 11.9. The van der Waals surface area contributed by atoms with Gasteiger partial charge in [0.25, 0.3) is 0 Å². The standard InChI is InChI=1S/C25H21ClF3N7O/c1-11-6-18(31)35-22(20(11)25(27,28)29)13-7-17-19-23(21(13)26)33-10-34-24(19)36(4-5-37-17)16-3-2-12-14(16)8-32-9-15(12)30/h4-9,16,33H,2-3,10,30H2,1H3,(H2,31,35). The molecule has 0 spiro atoms. The van der Waals surface area contributed by atoms with Gasteiger partial charge < -0.3 is 26.4 Å². The Hall–Kier alpha value is -3.99. The van der Waals surface area contributed by atoms with Crippen molar-refractivity contribution >= 4 is 34.6 Å². The molecule has 4 heterocycles. The van der Waals surface area contributed by atoms with Crippen LogP contribution in [0.4, 0.5) is 30.4 Å². The normalized spacial score (nSPS) is 17.9. The summed E-state index contributed by atoms with van der Waals surface area (Å²) in [5, 5.41) is 3.18. The molecule has 6 rings (SSSR count). The van der Waals surface area contributed by atoms with Gasteiger partial charge in [0.2, 0.25) is 0 Å². The second-order valence-corrected chi connectivity index (χ2v) is 9.43. The zero-order chi connectivity index (χ0) is 26.1. The van der Waals surface area contributed by atoms with Crippen LogP contribution in [-0.4, -0.2) is 27.4 Å². The van der Waals surface area contributed by atoms with Crippen molar-refractivity contribution in [2.75, 3.05) is 23.5 Å². The van der Waals surface area contributed by atoms with Crippen LogP contribution in [0.2, 0.25) is 5.02 Å². The minimum absolute atomic E-state index is 0.0462. The lowest BCUT2D eigenvalue weighted by molar-refractivity contribution is -0.137. The highest BCUT2D eigenvalue weighted by Crippen LogP contribution is 2.49. The topological polar surface area (TPSA) is 115 Å². The summed E-state index contributed by atoms with van der Waals surface area (Å²) in [5.74, 6) is 0.826. The molecule has 0 fully saturated rings. The molecule has 5 N–H and O–H groups in total. The third-order valence-corrected chi connectivity index (χ3v) is 7.25. The molecule has 8 nitrogen and oxygen atoms in total. The van der Waals surface area contributed by atoms with E-state index in [2.05, 4.69) is 20.3 Å². The molecular weight excluding hydrogens is 507 g/mol. The molecule has 2 aromatic heterocycles. The van der Waals surface area contributed by atoms with Crippen LogP contribution in [0.15, 0.2) is 42.0 Å². The highest BCUT2D eigenvalue weighted by Gasteiger charge is 2.40. The molecule has 2 aliphatic heterocycles. The van der Waals surface area contributed by atoms with Crippen LogP contribution in [0.5, 0.6) is 5.75 Å². The number of hydrogen-bond acceptors (Lipinski definition) is 8. The molecule has 0 bridgehead atoms. The van der Waals surface area contributed by atoms with Crippen molar-refractivity contribution in [1.29, 1.82) is 0 Å². The average Bonchev–Trinajstić information content (AvgIpc) is 3.18. The highest BCUT2D eigenvalue weighted by atomic mass is 35.5. The number of nitrogens with two attached hydrogens (primary N) is 2. The lowest BCUT2D eigenvalue weighted by atomic mass is 9.96. The second kappa shape index (κ2) is 8.27. The number of rotatable bonds is 2. The summed E-state index contributed by atoms with van der Waals surface area (Å²) < 4.78 is 48.1. The van der Waals surface area contributed by atoms with Gasteiger partial charge in [-0.1, -0.05) is 11.6 Å². The van der Waals surface area contributed by atoms with Crippen molar-refractivity contribution in [3.05, 3.63) is 69.8 Å². The van der Waals surface area contributed by atoms with E-state index in [9.17, 15) is 13.2 Å². The zero-order valence-electron chi connectivity index (χ0n) is 19.5. The molecule has 1 aliphatic carbocycles. The fourth-order valence-electron chi connectivity index (χ4n) is 5.33. The van der Waals surface area contributed by atoms with Crippen molar-refractivity contribution in [3.8, 4) is 17.0 Å². The lowest BCUT2D eigenvalue weighted by Gasteiger charge is -2.32. The lowest BCUT2D eigenvalue weighted by Crippen LogP contribution is -2.33. The summed E-state index contributed by atoms with van der Waals surface area (Å²) >= 11 is 6.78. The SMILES string of the molecule is Cc1cc(N)nc(-c2cc3c4c(c2Cl)NCN=C4N(C2CCc4c(N)cncc42)C=CO3)c1C(F)(F)F. The van der Waals surface area contributed by atoms with E-state index in [1.807, 2.05) is 4.90 Å². The smallest absolute Gasteiger partial charge is 0.418 e. The van der Waals surface area contributed by atoms with Gasteiger partial charge >= 0.3 is 6.18 Å². The third kappa shape index (κ3) is 3.64. The van der Waals surface area contributed by atoms with Gasteiger partial charge in [-0.2, -0.15) is 13.2 Å². The summed E-state index contributed by atoms with van der Waals surface area (Å²) in [6, 6.07) is 2.54. The van der Waals surface area contributed by atoms with Crippen molar-refractivity contribution in [2.24, 2.45) is 4.99 Å². The molecule has 3 aromatic rings. The largest absolute Gasteiger partial charge is 0.463 e. The van der Waals surface area contributed by atoms with Gasteiger partial charge in [0.05, 0.1) is 45.5 Å². The number of ether oxygens (including phenoxy) is 1. The Morgan fingerprint density at radius 2 is 2.03 bits per heavy atom. The molecule has 190 valence electrons. The number of anilines is 3. The molecule has 37 heavy (non-hydrogen) atoms. The molecule has 0 saturated carbocycles. The van der Waals surface area contributed by atoms with E-state index >= 15 is 0 Å². The summed E-state index contributed by atoms with van der Waals surface area (Å²) in [4.78, 5) is 15.0. The molecule has 1 unspecified atom stereocenters. The predicted octanol–water partition coefficient (Wildman–Crippen LogP) is 5.27. The Morgan fingerprint density at radius 1 is 1.22 bits per heavy atom. The molecule has 12 heteroatoms.